The van der Waals surface area contributed by atoms with E-state index >= 15 is 0 Å². The molecule has 2 heteroatoms. The minimum absolute atomic E-state index is 0.615. The standard InChI is InChI=1S/C18H26ClN/c1-15-13-16(14-19)5-6-17(15)20-11-9-18(10-12-20)7-3-2-4-8-18/h5-6,13H,2-4,7-12,14H2,1H3. The maximum Gasteiger partial charge on any atom is 0.0474 e. The molecule has 1 saturated heterocycles. The van der Waals surface area contributed by atoms with Crippen molar-refractivity contribution in [3.63, 3.8) is 0 Å². The number of nitrogens with zero attached hydrogens (tertiary/aromatic N) is 1. The van der Waals surface area contributed by atoms with E-state index in [1.807, 2.05) is 0 Å². The average Bonchev–Trinajstić information content (AvgIpc) is 2.49. The lowest BCUT2D eigenvalue weighted by Gasteiger charge is -2.45. The lowest BCUT2D eigenvalue weighted by Crippen LogP contribution is -2.41. The molecule has 0 amide bonds. The number of hydrogen-bond donors (Lipinski definition) is 0. The van der Waals surface area contributed by atoms with Crippen LogP contribution in [0.4, 0.5) is 5.69 Å². The van der Waals surface area contributed by atoms with E-state index in [1.54, 1.807) is 0 Å². The van der Waals surface area contributed by atoms with Crippen LogP contribution in [0.5, 0.6) is 0 Å². The summed E-state index contributed by atoms with van der Waals surface area (Å²) in [5, 5.41) is 0. The van der Waals surface area contributed by atoms with Crippen LogP contribution in [0.15, 0.2) is 18.2 Å². The van der Waals surface area contributed by atoms with Crippen molar-refractivity contribution in [2.75, 3.05) is 18.0 Å². The van der Waals surface area contributed by atoms with Crippen molar-refractivity contribution >= 4 is 17.3 Å². The van der Waals surface area contributed by atoms with Gasteiger partial charge in [0.25, 0.3) is 0 Å². The highest BCUT2D eigenvalue weighted by molar-refractivity contribution is 6.17. The highest BCUT2D eigenvalue weighted by atomic mass is 35.5. The monoisotopic (exact) mass is 291 g/mol. The van der Waals surface area contributed by atoms with E-state index in [4.69, 9.17) is 11.6 Å². The summed E-state index contributed by atoms with van der Waals surface area (Å²) in [6.07, 6.45) is 10.1. The average molecular weight is 292 g/mol. The van der Waals surface area contributed by atoms with Gasteiger partial charge in [-0.1, -0.05) is 31.4 Å². The summed E-state index contributed by atoms with van der Waals surface area (Å²) in [6, 6.07) is 6.69. The topological polar surface area (TPSA) is 3.24 Å². The summed E-state index contributed by atoms with van der Waals surface area (Å²) >= 11 is 5.92. The smallest absolute Gasteiger partial charge is 0.0474 e. The van der Waals surface area contributed by atoms with E-state index in [-0.39, 0.29) is 0 Å². The molecule has 1 aliphatic heterocycles. The van der Waals surface area contributed by atoms with Crippen LogP contribution in [0.3, 0.4) is 0 Å². The fourth-order valence-corrected chi connectivity index (χ4v) is 4.35. The van der Waals surface area contributed by atoms with Gasteiger partial charge in [-0.05, 0) is 55.2 Å². The van der Waals surface area contributed by atoms with E-state index < -0.39 is 0 Å². The molecule has 110 valence electrons. The molecule has 0 radical (unpaired) electrons. The fraction of sp³-hybridized carbons (Fsp3) is 0.667. The first-order valence-electron chi connectivity index (χ1n) is 8.13. The minimum atomic E-state index is 0.615. The van der Waals surface area contributed by atoms with E-state index in [0.29, 0.717) is 11.3 Å². The Morgan fingerprint density at radius 3 is 2.35 bits per heavy atom. The third-order valence-electron chi connectivity index (χ3n) is 5.49. The summed E-state index contributed by atoms with van der Waals surface area (Å²) in [4.78, 5) is 2.59. The van der Waals surface area contributed by atoms with Gasteiger partial charge < -0.3 is 4.90 Å². The van der Waals surface area contributed by atoms with Crippen molar-refractivity contribution < 1.29 is 0 Å². The number of anilines is 1. The number of alkyl halides is 1. The Morgan fingerprint density at radius 1 is 1.05 bits per heavy atom. The Morgan fingerprint density at radius 2 is 1.75 bits per heavy atom. The van der Waals surface area contributed by atoms with Crippen LogP contribution in [0, 0.1) is 12.3 Å². The molecule has 1 aromatic rings. The lowest BCUT2D eigenvalue weighted by molar-refractivity contribution is 0.144. The third-order valence-corrected chi connectivity index (χ3v) is 5.80. The molecule has 3 rings (SSSR count). The van der Waals surface area contributed by atoms with Gasteiger partial charge in [0.2, 0.25) is 0 Å². The molecule has 0 unspecified atom stereocenters. The van der Waals surface area contributed by atoms with Crippen LogP contribution in [0.2, 0.25) is 0 Å². The van der Waals surface area contributed by atoms with Crippen LogP contribution in [-0.2, 0) is 5.88 Å². The SMILES string of the molecule is Cc1cc(CCl)ccc1N1CCC2(CCCCC2)CC1. The highest BCUT2D eigenvalue weighted by Crippen LogP contribution is 2.45. The predicted octanol–water partition coefficient (Wildman–Crippen LogP) is 5.28. The van der Waals surface area contributed by atoms with Gasteiger partial charge in [-0.15, -0.1) is 11.6 Å². The molecular weight excluding hydrogens is 266 g/mol. The van der Waals surface area contributed by atoms with Gasteiger partial charge >= 0.3 is 0 Å². The van der Waals surface area contributed by atoms with Crippen molar-refractivity contribution in [3.05, 3.63) is 29.3 Å². The number of halogens is 1. The van der Waals surface area contributed by atoms with Gasteiger partial charge in [0.15, 0.2) is 0 Å². The quantitative estimate of drug-likeness (QED) is 0.670. The normalized spacial score (nSPS) is 22.2. The molecule has 0 bridgehead atoms. The zero-order valence-corrected chi connectivity index (χ0v) is 13.4. The molecule has 0 N–H and O–H groups in total. The minimum Gasteiger partial charge on any atom is -0.371 e. The van der Waals surface area contributed by atoms with Gasteiger partial charge in [0.05, 0.1) is 0 Å². The maximum atomic E-state index is 5.92. The first kappa shape index (κ1) is 14.3. The van der Waals surface area contributed by atoms with E-state index in [2.05, 4.69) is 30.0 Å². The van der Waals surface area contributed by atoms with E-state index in [0.717, 1.165) is 0 Å². The molecule has 1 aliphatic carbocycles. The molecular formula is C18H26ClN. The molecule has 1 heterocycles. The first-order chi connectivity index (χ1) is 9.72. The number of aryl methyl sites for hydroxylation is 1. The lowest BCUT2D eigenvalue weighted by atomic mass is 9.68. The van der Waals surface area contributed by atoms with Crippen LogP contribution < -0.4 is 4.90 Å². The van der Waals surface area contributed by atoms with Gasteiger partial charge in [0, 0.05) is 24.7 Å². The molecule has 1 nitrogen and oxygen atoms in total. The van der Waals surface area contributed by atoms with Crippen molar-refractivity contribution in [1.29, 1.82) is 0 Å². The molecule has 2 aliphatic rings. The first-order valence-corrected chi connectivity index (χ1v) is 8.66. The summed E-state index contributed by atoms with van der Waals surface area (Å²) in [6.45, 7) is 4.69. The van der Waals surface area contributed by atoms with Crippen molar-refractivity contribution in [2.24, 2.45) is 5.41 Å². The summed E-state index contributed by atoms with van der Waals surface area (Å²) in [7, 11) is 0. The second-order valence-corrected chi connectivity index (χ2v) is 7.07. The van der Waals surface area contributed by atoms with Crippen molar-refractivity contribution in [1.82, 2.24) is 0 Å². The number of benzene rings is 1. The molecule has 1 spiro atoms. The molecule has 1 saturated carbocycles. The molecule has 2 fully saturated rings. The Kier molecular flexibility index (Phi) is 4.26. The van der Waals surface area contributed by atoms with Gasteiger partial charge in [-0.25, -0.2) is 0 Å². The van der Waals surface area contributed by atoms with Gasteiger partial charge in [0.1, 0.15) is 0 Å². The van der Waals surface area contributed by atoms with Crippen LogP contribution in [0.25, 0.3) is 0 Å². The van der Waals surface area contributed by atoms with Crippen LogP contribution >= 0.6 is 11.6 Å². The second kappa shape index (κ2) is 5.97. The number of hydrogen-bond acceptors (Lipinski definition) is 1. The molecule has 0 atom stereocenters. The van der Waals surface area contributed by atoms with E-state index in [9.17, 15) is 0 Å². The number of piperidine rings is 1. The Labute approximate surface area is 128 Å². The predicted molar refractivity (Wildman–Crippen MR) is 87.7 cm³/mol. The largest absolute Gasteiger partial charge is 0.371 e. The Balaban J connectivity index is 1.68. The Hall–Kier alpha value is -0.690. The van der Waals surface area contributed by atoms with Gasteiger partial charge in [-0.2, -0.15) is 0 Å². The van der Waals surface area contributed by atoms with Crippen LogP contribution in [0.1, 0.15) is 56.1 Å². The summed E-state index contributed by atoms with van der Waals surface area (Å²) in [5.41, 5.74) is 4.72. The molecule has 20 heavy (non-hydrogen) atoms. The van der Waals surface area contributed by atoms with Gasteiger partial charge in [-0.3, -0.25) is 0 Å². The fourth-order valence-electron chi connectivity index (χ4n) is 4.18. The summed E-state index contributed by atoms with van der Waals surface area (Å²) in [5.74, 6) is 0.615. The second-order valence-electron chi connectivity index (χ2n) is 6.80. The van der Waals surface area contributed by atoms with Crippen molar-refractivity contribution in [2.45, 2.75) is 57.7 Å². The Bertz CT molecular complexity index is 452. The molecule has 0 aromatic heterocycles. The number of rotatable bonds is 2. The molecule has 1 aromatic carbocycles. The third kappa shape index (κ3) is 2.83. The zero-order chi connectivity index (χ0) is 14.0. The zero-order valence-electron chi connectivity index (χ0n) is 12.6. The van der Waals surface area contributed by atoms with Crippen LogP contribution in [-0.4, -0.2) is 13.1 Å². The van der Waals surface area contributed by atoms with Crippen molar-refractivity contribution in [3.8, 4) is 0 Å². The summed E-state index contributed by atoms with van der Waals surface area (Å²) < 4.78 is 0. The maximum absolute atomic E-state index is 5.92. The highest BCUT2D eigenvalue weighted by Gasteiger charge is 2.35. The van der Waals surface area contributed by atoms with E-state index in [1.165, 1.54) is 74.8 Å².